The van der Waals surface area contributed by atoms with Crippen molar-refractivity contribution >= 4 is 35.7 Å². The first kappa shape index (κ1) is 11.9. The van der Waals surface area contributed by atoms with Crippen LogP contribution in [-0.4, -0.2) is 15.2 Å². The molecule has 1 aromatic carbocycles. The smallest absolute Gasteiger partial charge is 0.236 e. The molecule has 0 fully saturated rings. The lowest BCUT2D eigenvalue weighted by atomic mass is 10.2. The zero-order valence-electron chi connectivity index (χ0n) is 7.67. The summed E-state index contributed by atoms with van der Waals surface area (Å²) in [5, 5.41) is 0. The van der Waals surface area contributed by atoms with Crippen molar-refractivity contribution in [3.8, 4) is 11.5 Å². The molecule has 0 unspecified atom stereocenters. The van der Waals surface area contributed by atoms with Crippen molar-refractivity contribution in [2.45, 2.75) is 5.75 Å². The Balaban J connectivity index is 2.54. The molecule has 4 nitrogen and oxygen atoms in total. The summed E-state index contributed by atoms with van der Waals surface area (Å²) in [5.41, 5.74) is -0.0701. The van der Waals surface area contributed by atoms with E-state index in [0.29, 0.717) is 0 Å². The standard InChI is InChI=1S/C8H5BrClFO4S/c9-7-4(2-16(10,12)13)5(11)1-6-8(7)15-3-14-6/h1H,2-3H2. The van der Waals surface area contributed by atoms with E-state index in [1.165, 1.54) is 0 Å². The van der Waals surface area contributed by atoms with Crippen LogP contribution in [0.2, 0.25) is 0 Å². The molecule has 1 heterocycles. The molecule has 2 rings (SSSR count). The summed E-state index contributed by atoms with van der Waals surface area (Å²) in [7, 11) is 1.24. The van der Waals surface area contributed by atoms with Crippen LogP contribution in [0.5, 0.6) is 11.5 Å². The van der Waals surface area contributed by atoms with Gasteiger partial charge in [-0.2, -0.15) is 0 Å². The number of ether oxygens (including phenoxy) is 2. The SMILES string of the molecule is O=S(=O)(Cl)Cc1c(F)cc2c(c1Br)OCO2. The highest BCUT2D eigenvalue weighted by Gasteiger charge is 2.25. The molecule has 0 aliphatic carbocycles. The van der Waals surface area contributed by atoms with Crippen molar-refractivity contribution in [3.63, 3.8) is 0 Å². The predicted molar refractivity (Wildman–Crippen MR) is 58.7 cm³/mol. The van der Waals surface area contributed by atoms with Crippen LogP contribution in [0.3, 0.4) is 0 Å². The van der Waals surface area contributed by atoms with Crippen molar-refractivity contribution in [3.05, 3.63) is 21.9 Å². The molecule has 0 saturated carbocycles. The van der Waals surface area contributed by atoms with Gasteiger partial charge < -0.3 is 9.47 Å². The maximum absolute atomic E-state index is 13.5. The Morgan fingerprint density at radius 1 is 1.50 bits per heavy atom. The van der Waals surface area contributed by atoms with Crippen molar-refractivity contribution in [1.29, 1.82) is 0 Å². The molecular weight excluding hydrogens is 327 g/mol. The Labute approximate surface area is 104 Å². The maximum Gasteiger partial charge on any atom is 0.236 e. The molecule has 1 aliphatic rings. The van der Waals surface area contributed by atoms with Gasteiger partial charge in [0.1, 0.15) is 5.82 Å². The first-order valence-corrected chi connectivity index (χ1v) is 7.34. The lowest BCUT2D eigenvalue weighted by Gasteiger charge is -2.07. The summed E-state index contributed by atoms with van der Waals surface area (Å²) in [6, 6.07) is 1.07. The van der Waals surface area contributed by atoms with Crippen molar-refractivity contribution in [2.75, 3.05) is 6.79 Å². The normalized spacial score (nSPS) is 14.2. The third-order valence-electron chi connectivity index (χ3n) is 1.97. The second-order valence-electron chi connectivity index (χ2n) is 3.07. The van der Waals surface area contributed by atoms with Crippen LogP contribution in [-0.2, 0) is 14.8 Å². The average Bonchev–Trinajstić information content (AvgIpc) is 2.58. The van der Waals surface area contributed by atoms with Crippen LogP contribution in [0.1, 0.15) is 5.56 Å². The van der Waals surface area contributed by atoms with Gasteiger partial charge in [-0.15, -0.1) is 0 Å². The fraction of sp³-hybridized carbons (Fsp3) is 0.250. The van der Waals surface area contributed by atoms with Gasteiger partial charge in [-0.05, 0) is 15.9 Å². The van der Waals surface area contributed by atoms with E-state index >= 15 is 0 Å². The fourth-order valence-corrected chi connectivity index (χ4v) is 3.10. The number of benzene rings is 1. The van der Waals surface area contributed by atoms with E-state index in [0.717, 1.165) is 6.07 Å². The zero-order valence-corrected chi connectivity index (χ0v) is 10.8. The van der Waals surface area contributed by atoms with Gasteiger partial charge in [0, 0.05) is 22.3 Å². The topological polar surface area (TPSA) is 52.6 Å². The molecule has 1 aliphatic heterocycles. The van der Waals surface area contributed by atoms with Crippen LogP contribution < -0.4 is 9.47 Å². The minimum Gasteiger partial charge on any atom is -0.453 e. The van der Waals surface area contributed by atoms with Gasteiger partial charge >= 0.3 is 0 Å². The monoisotopic (exact) mass is 330 g/mol. The van der Waals surface area contributed by atoms with Gasteiger partial charge in [-0.1, -0.05) is 0 Å². The Kier molecular flexibility index (Phi) is 3.02. The van der Waals surface area contributed by atoms with Gasteiger partial charge in [0.05, 0.1) is 10.2 Å². The summed E-state index contributed by atoms with van der Waals surface area (Å²) in [6.07, 6.45) is 0. The van der Waals surface area contributed by atoms with Crippen LogP contribution >= 0.6 is 26.6 Å². The first-order valence-electron chi connectivity index (χ1n) is 4.07. The van der Waals surface area contributed by atoms with E-state index < -0.39 is 20.6 Å². The van der Waals surface area contributed by atoms with Crippen LogP contribution in [0.25, 0.3) is 0 Å². The quantitative estimate of drug-likeness (QED) is 0.781. The second kappa shape index (κ2) is 4.05. The summed E-state index contributed by atoms with van der Waals surface area (Å²) < 4.78 is 45.6. The van der Waals surface area contributed by atoms with E-state index in [4.69, 9.17) is 20.2 Å². The minimum atomic E-state index is -3.83. The van der Waals surface area contributed by atoms with Gasteiger partial charge in [0.25, 0.3) is 0 Å². The van der Waals surface area contributed by atoms with E-state index in [9.17, 15) is 12.8 Å². The lowest BCUT2D eigenvalue weighted by molar-refractivity contribution is 0.173. The Bertz CT molecular complexity index is 545. The molecule has 0 bridgehead atoms. The lowest BCUT2D eigenvalue weighted by Crippen LogP contribution is -2.00. The molecule has 0 radical (unpaired) electrons. The first-order chi connectivity index (χ1) is 7.38. The molecule has 88 valence electrons. The zero-order chi connectivity index (χ0) is 11.9. The number of fused-ring (bicyclic) bond motifs is 1. The third-order valence-corrected chi connectivity index (χ3v) is 3.77. The largest absolute Gasteiger partial charge is 0.453 e. The van der Waals surface area contributed by atoms with Crippen LogP contribution in [0.15, 0.2) is 10.5 Å². The molecule has 16 heavy (non-hydrogen) atoms. The second-order valence-corrected chi connectivity index (χ2v) is 6.64. The van der Waals surface area contributed by atoms with Gasteiger partial charge in [-0.25, -0.2) is 12.8 Å². The Hall–Kier alpha value is -0.530. The summed E-state index contributed by atoms with van der Waals surface area (Å²) in [4.78, 5) is 0. The van der Waals surface area contributed by atoms with Crippen molar-refractivity contribution in [2.24, 2.45) is 0 Å². The average molecular weight is 332 g/mol. The fourth-order valence-electron chi connectivity index (χ4n) is 1.32. The molecule has 0 saturated heterocycles. The van der Waals surface area contributed by atoms with Gasteiger partial charge in [0.15, 0.2) is 11.5 Å². The number of rotatable bonds is 2. The van der Waals surface area contributed by atoms with E-state index in [1.807, 2.05) is 0 Å². The Morgan fingerprint density at radius 3 is 2.81 bits per heavy atom. The van der Waals surface area contributed by atoms with Crippen LogP contribution in [0, 0.1) is 5.82 Å². The molecule has 0 atom stereocenters. The predicted octanol–water partition coefficient (Wildman–Crippen LogP) is 2.39. The molecule has 0 N–H and O–H groups in total. The van der Waals surface area contributed by atoms with Gasteiger partial charge in [-0.3, -0.25) is 0 Å². The van der Waals surface area contributed by atoms with Crippen molar-refractivity contribution < 1.29 is 22.3 Å². The number of hydrogen-bond donors (Lipinski definition) is 0. The molecule has 0 amide bonds. The van der Waals surface area contributed by atoms with E-state index in [2.05, 4.69) is 15.9 Å². The number of halogens is 3. The van der Waals surface area contributed by atoms with E-state index in [1.54, 1.807) is 0 Å². The van der Waals surface area contributed by atoms with Crippen LogP contribution in [0.4, 0.5) is 4.39 Å². The molecule has 0 aromatic heterocycles. The van der Waals surface area contributed by atoms with Crippen molar-refractivity contribution in [1.82, 2.24) is 0 Å². The minimum absolute atomic E-state index is 0.0234. The molecular formula is C8H5BrClFO4S. The molecule has 1 aromatic rings. The molecule has 8 heteroatoms. The highest BCUT2D eigenvalue weighted by Crippen LogP contribution is 2.43. The van der Waals surface area contributed by atoms with Gasteiger partial charge in [0.2, 0.25) is 15.8 Å². The highest BCUT2D eigenvalue weighted by atomic mass is 79.9. The third kappa shape index (κ3) is 2.26. The summed E-state index contributed by atoms with van der Waals surface area (Å²) >= 11 is 3.07. The number of hydrogen-bond acceptors (Lipinski definition) is 4. The summed E-state index contributed by atoms with van der Waals surface area (Å²) in [6.45, 7) is -0.0234. The maximum atomic E-state index is 13.5. The molecule has 0 spiro atoms. The van der Waals surface area contributed by atoms with E-state index in [-0.39, 0.29) is 28.3 Å². The summed E-state index contributed by atoms with van der Waals surface area (Å²) in [5.74, 6) is -0.797. The Morgan fingerprint density at radius 2 is 2.19 bits per heavy atom. The highest BCUT2D eigenvalue weighted by molar-refractivity contribution is 9.10.